The Kier molecular flexibility index (Phi) is 6.23. The van der Waals surface area contributed by atoms with Gasteiger partial charge in [-0.3, -0.25) is 24.3 Å². The summed E-state index contributed by atoms with van der Waals surface area (Å²) >= 11 is 0. The second kappa shape index (κ2) is 9.01. The lowest BCUT2D eigenvalue weighted by Crippen LogP contribution is -2.39. The van der Waals surface area contributed by atoms with E-state index in [1.807, 2.05) is 30.3 Å². The van der Waals surface area contributed by atoms with E-state index in [9.17, 15) is 19.2 Å². The van der Waals surface area contributed by atoms with Gasteiger partial charge in [0.1, 0.15) is 6.54 Å². The average molecular weight is 395 g/mol. The maximum Gasteiger partial charge on any atom is 0.328 e. The minimum Gasteiger partial charge on any atom is -0.451 e. The highest BCUT2D eigenvalue weighted by Gasteiger charge is 2.18. The molecule has 0 radical (unpaired) electrons. The van der Waals surface area contributed by atoms with E-state index in [0.29, 0.717) is 13.0 Å². The summed E-state index contributed by atoms with van der Waals surface area (Å²) in [5.74, 6) is -1.24. The van der Waals surface area contributed by atoms with E-state index in [2.05, 4.69) is 10.4 Å². The fourth-order valence-corrected chi connectivity index (χ4v) is 2.89. The molecule has 8 heteroatoms. The normalized spacial score (nSPS) is 11.8. The molecule has 1 amide bonds. The number of hydrogen-bond donors (Lipinski definition) is 2. The van der Waals surface area contributed by atoms with E-state index in [1.54, 1.807) is 12.1 Å². The highest BCUT2D eigenvalue weighted by molar-refractivity contribution is 5.83. The number of nitrogens with one attached hydrogen (secondary N) is 2. The zero-order valence-electron chi connectivity index (χ0n) is 15.9. The van der Waals surface area contributed by atoms with Gasteiger partial charge in [0.2, 0.25) is 0 Å². The number of hydrogen-bond acceptors (Lipinski definition) is 5. The molecule has 1 heterocycles. The molecule has 0 saturated heterocycles. The molecule has 3 aromatic rings. The molecule has 0 fully saturated rings. The minimum absolute atomic E-state index is 0.204. The Morgan fingerprint density at radius 2 is 1.69 bits per heavy atom. The Bertz CT molecular complexity index is 1130. The SMILES string of the molecule is CC(OC(=O)Cn1[nH]c(=O)c2ccccc2c1=O)C(=O)NCCc1ccccc1. The van der Waals surface area contributed by atoms with Crippen molar-refractivity contribution >= 4 is 22.6 Å². The number of amides is 1. The molecule has 8 nitrogen and oxygen atoms in total. The van der Waals surface area contributed by atoms with Crippen LogP contribution in [0.2, 0.25) is 0 Å². The van der Waals surface area contributed by atoms with Crippen LogP contribution in [0.4, 0.5) is 0 Å². The molecular formula is C21H21N3O5. The first-order chi connectivity index (χ1) is 14.0. The van der Waals surface area contributed by atoms with E-state index in [0.717, 1.165) is 10.2 Å². The molecule has 3 rings (SSSR count). The highest BCUT2D eigenvalue weighted by atomic mass is 16.5. The number of aromatic amines is 1. The maximum absolute atomic E-state index is 12.4. The largest absolute Gasteiger partial charge is 0.451 e. The number of benzene rings is 2. The molecule has 1 atom stereocenters. The fraction of sp³-hybridized carbons (Fsp3) is 0.238. The highest BCUT2D eigenvalue weighted by Crippen LogP contribution is 2.03. The van der Waals surface area contributed by atoms with Gasteiger partial charge in [-0.25, -0.2) is 4.68 Å². The van der Waals surface area contributed by atoms with Crippen molar-refractivity contribution < 1.29 is 14.3 Å². The third-order valence-electron chi connectivity index (χ3n) is 4.40. The lowest BCUT2D eigenvalue weighted by Gasteiger charge is -2.14. The Balaban J connectivity index is 1.57. The van der Waals surface area contributed by atoms with Gasteiger partial charge < -0.3 is 10.1 Å². The molecule has 150 valence electrons. The molecule has 0 aliphatic rings. The first-order valence-corrected chi connectivity index (χ1v) is 9.18. The molecule has 2 aromatic carbocycles. The first kappa shape index (κ1) is 20.1. The van der Waals surface area contributed by atoms with Crippen molar-refractivity contribution in [2.24, 2.45) is 0 Å². The Labute approximate surface area is 166 Å². The van der Waals surface area contributed by atoms with Crippen LogP contribution in [0.3, 0.4) is 0 Å². The lowest BCUT2D eigenvalue weighted by atomic mass is 10.1. The molecular weight excluding hydrogens is 374 g/mol. The number of H-pyrrole nitrogens is 1. The van der Waals surface area contributed by atoms with Crippen molar-refractivity contribution in [1.29, 1.82) is 0 Å². The minimum atomic E-state index is -1.03. The van der Waals surface area contributed by atoms with Crippen molar-refractivity contribution in [3.8, 4) is 0 Å². The number of nitrogens with zero attached hydrogens (tertiary/aromatic N) is 1. The zero-order chi connectivity index (χ0) is 20.8. The van der Waals surface area contributed by atoms with Gasteiger partial charge in [-0.1, -0.05) is 42.5 Å². The Morgan fingerprint density at radius 1 is 1.03 bits per heavy atom. The van der Waals surface area contributed by atoms with E-state index in [1.165, 1.54) is 19.1 Å². The smallest absolute Gasteiger partial charge is 0.328 e. The molecule has 1 aromatic heterocycles. The van der Waals surface area contributed by atoms with Crippen LogP contribution in [0.15, 0.2) is 64.2 Å². The fourth-order valence-electron chi connectivity index (χ4n) is 2.89. The van der Waals surface area contributed by atoms with Gasteiger partial charge in [0, 0.05) is 6.54 Å². The number of carbonyl (C=O) groups is 2. The first-order valence-electron chi connectivity index (χ1n) is 9.18. The van der Waals surface area contributed by atoms with Crippen molar-refractivity contribution in [1.82, 2.24) is 15.1 Å². The molecule has 1 unspecified atom stereocenters. The van der Waals surface area contributed by atoms with E-state index in [-0.39, 0.29) is 10.8 Å². The van der Waals surface area contributed by atoms with Gasteiger partial charge in [0.25, 0.3) is 17.0 Å². The molecule has 0 bridgehead atoms. The number of ether oxygens (including phenoxy) is 1. The number of esters is 1. The van der Waals surface area contributed by atoms with Crippen LogP contribution in [0.5, 0.6) is 0 Å². The summed E-state index contributed by atoms with van der Waals surface area (Å²) in [6.45, 7) is 1.35. The van der Waals surface area contributed by atoms with Gasteiger partial charge >= 0.3 is 5.97 Å². The maximum atomic E-state index is 12.4. The Morgan fingerprint density at radius 3 is 2.41 bits per heavy atom. The van der Waals surface area contributed by atoms with Crippen LogP contribution in [-0.4, -0.2) is 34.3 Å². The number of aromatic nitrogens is 2. The van der Waals surface area contributed by atoms with Crippen molar-refractivity contribution in [2.45, 2.75) is 26.0 Å². The lowest BCUT2D eigenvalue weighted by molar-refractivity contribution is -0.155. The standard InChI is InChI=1S/C21H21N3O5/c1-14(19(26)22-12-11-15-7-3-2-4-8-15)29-18(25)13-24-21(28)17-10-6-5-9-16(17)20(27)23-24/h2-10,14H,11-13H2,1H3,(H,22,26)(H,23,27). The Hall–Kier alpha value is -3.68. The van der Waals surface area contributed by atoms with Gasteiger partial charge in [-0.05, 0) is 31.0 Å². The number of rotatable bonds is 7. The molecule has 0 aliphatic heterocycles. The van der Waals surface area contributed by atoms with E-state index in [4.69, 9.17) is 4.74 Å². The monoisotopic (exact) mass is 395 g/mol. The van der Waals surface area contributed by atoms with E-state index < -0.39 is 35.6 Å². The molecule has 0 saturated carbocycles. The summed E-state index contributed by atoms with van der Waals surface area (Å²) in [6.07, 6.45) is -0.373. The average Bonchev–Trinajstić information content (AvgIpc) is 2.72. The molecule has 29 heavy (non-hydrogen) atoms. The molecule has 0 spiro atoms. The van der Waals surface area contributed by atoms with Crippen LogP contribution in [-0.2, 0) is 27.3 Å². The van der Waals surface area contributed by atoms with Crippen molar-refractivity contribution in [3.05, 3.63) is 80.9 Å². The molecule has 0 aliphatic carbocycles. The van der Waals surface area contributed by atoms with Gasteiger partial charge in [-0.15, -0.1) is 0 Å². The summed E-state index contributed by atoms with van der Waals surface area (Å²) < 4.78 is 5.98. The van der Waals surface area contributed by atoms with Gasteiger partial charge in [0.15, 0.2) is 6.10 Å². The number of carbonyl (C=O) groups excluding carboxylic acids is 2. The van der Waals surface area contributed by atoms with Gasteiger partial charge in [-0.2, -0.15) is 0 Å². The number of fused-ring (bicyclic) bond motifs is 1. The van der Waals surface area contributed by atoms with E-state index >= 15 is 0 Å². The van der Waals surface area contributed by atoms with Crippen molar-refractivity contribution in [2.75, 3.05) is 6.54 Å². The molecule has 2 N–H and O–H groups in total. The summed E-state index contributed by atoms with van der Waals surface area (Å²) in [7, 11) is 0. The van der Waals surface area contributed by atoms with Crippen LogP contribution < -0.4 is 16.4 Å². The van der Waals surface area contributed by atoms with Crippen molar-refractivity contribution in [3.63, 3.8) is 0 Å². The van der Waals surface area contributed by atoms with Crippen LogP contribution in [0.25, 0.3) is 10.8 Å². The predicted octanol–water partition coefficient (Wildman–Crippen LogP) is 0.980. The second-order valence-electron chi connectivity index (χ2n) is 6.54. The predicted molar refractivity (Wildman–Crippen MR) is 108 cm³/mol. The summed E-state index contributed by atoms with van der Waals surface area (Å²) in [5.41, 5.74) is 0.0777. The second-order valence-corrected chi connectivity index (χ2v) is 6.54. The summed E-state index contributed by atoms with van der Waals surface area (Å²) in [4.78, 5) is 48.7. The zero-order valence-corrected chi connectivity index (χ0v) is 15.9. The van der Waals surface area contributed by atoms with Crippen LogP contribution >= 0.6 is 0 Å². The summed E-state index contributed by atoms with van der Waals surface area (Å²) in [6, 6.07) is 16.0. The third-order valence-corrected chi connectivity index (χ3v) is 4.40. The summed E-state index contributed by atoms with van der Waals surface area (Å²) in [5, 5.41) is 5.50. The van der Waals surface area contributed by atoms with Crippen LogP contribution in [0.1, 0.15) is 12.5 Å². The quantitative estimate of drug-likeness (QED) is 0.580. The van der Waals surface area contributed by atoms with Gasteiger partial charge in [0.05, 0.1) is 10.8 Å². The van der Waals surface area contributed by atoms with Crippen LogP contribution in [0, 0.1) is 0 Å². The third kappa shape index (κ3) is 4.98. The topological polar surface area (TPSA) is 110 Å².